The van der Waals surface area contributed by atoms with Crippen molar-refractivity contribution in [3.05, 3.63) is 48.0 Å². The monoisotopic (exact) mass is 765 g/mol. The van der Waals surface area contributed by atoms with Crippen LogP contribution in [-0.2, 0) is 43.9 Å². The summed E-state index contributed by atoms with van der Waals surface area (Å²) in [5.41, 5.74) is 1.25. The van der Waals surface area contributed by atoms with Crippen molar-refractivity contribution in [3.63, 3.8) is 0 Å². The number of carbonyl (C=O) groups excluding carboxylic acids is 4. The second kappa shape index (κ2) is 44.5. The van der Waals surface area contributed by atoms with Crippen molar-refractivity contribution in [2.45, 2.75) is 195 Å². The maximum atomic E-state index is 12.7. The predicted molar refractivity (Wildman–Crippen MR) is 231 cm³/mol. The van der Waals surface area contributed by atoms with Gasteiger partial charge in [-0.3, -0.25) is 19.2 Å². The van der Waals surface area contributed by atoms with Crippen molar-refractivity contribution >= 4 is 35.5 Å². The van der Waals surface area contributed by atoms with E-state index >= 15 is 0 Å². The largest absolute Gasteiger partial charge is 0.462 e. The standard InChI is InChI=1S/C34H52O8S.9CH4/c1-6-8-10-14-18-30(21-26(3)35)41-34(38)24-31(17-9-7-2)42-32(36)22-27(4)40-33(37)23-29(39-5)19-20-43-25-28-15-12-11-13-16-28;;;;;;;;;/h10-16,27,29-31H,6-9,17-25H2,1-5H3;9*1H4. The van der Waals surface area contributed by atoms with Gasteiger partial charge in [-0.25, -0.2) is 0 Å². The molecule has 0 aliphatic rings. The number of benzene rings is 1. The SMILES string of the molecule is C.C.C.C.C.C.C.C.C.CCCC=CCC(CC(C)=O)OC(=O)CC(CCCC)OC(=O)CC(C)OC(=O)CC(CCSCc1ccccc1)OC. The minimum absolute atomic E-state index is 0. The zero-order valence-electron chi connectivity index (χ0n) is 26.7. The van der Waals surface area contributed by atoms with Crippen LogP contribution in [0.1, 0.15) is 171 Å². The highest BCUT2D eigenvalue weighted by atomic mass is 32.2. The number of ketones is 1. The van der Waals surface area contributed by atoms with Gasteiger partial charge in [0.05, 0.1) is 25.4 Å². The molecular weight excluding hydrogens is 677 g/mol. The summed E-state index contributed by atoms with van der Waals surface area (Å²) in [5, 5.41) is 0. The average molecular weight is 765 g/mol. The van der Waals surface area contributed by atoms with E-state index in [1.54, 1.807) is 25.8 Å². The van der Waals surface area contributed by atoms with Gasteiger partial charge in [0.2, 0.25) is 0 Å². The van der Waals surface area contributed by atoms with Crippen LogP contribution in [0.2, 0.25) is 0 Å². The number of thioether (sulfide) groups is 1. The summed E-state index contributed by atoms with van der Waals surface area (Å²) in [5.74, 6) is 0.199. The Bertz CT molecular complexity index is 967. The van der Waals surface area contributed by atoms with Crippen LogP contribution >= 0.6 is 11.8 Å². The van der Waals surface area contributed by atoms with Crippen molar-refractivity contribution in [2.75, 3.05) is 12.9 Å². The topological polar surface area (TPSA) is 105 Å². The van der Waals surface area contributed by atoms with Crippen LogP contribution in [0.25, 0.3) is 0 Å². The van der Waals surface area contributed by atoms with Gasteiger partial charge in [0.25, 0.3) is 0 Å². The highest BCUT2D eigenvalue weighted by molar-refractivity contribution is 7.98. The number of Topliss-reactive ketones (excluding diaryl/α,β-unsaturated/α-hetero) is 1. The van der Waals surface area contributed by atoms with E-state index < -0.39 is 36.2 Å². The molecule has 0 N–H and O–H groups in total. The van der Waals surface area contributed by atoms with Gasteiger partial charge in [-0.2, -0.15) is 11.8 Å². The molecule has 0 aliphatic heterocycles. The van der Waals surface area contributed by atoms with E-state index in [2.05, 4.69) is 19.1 Å². The van der Waals surface area contributed by atoms with E-state index in [1.807, 2.05) is 37.3 Å². The Morgan fingerprint density at radius 3 is 1.75 bits per heavy atom. The van der Waals surface area contributed by atoms with Crippen LogP contribution in [0.5, 0.6) is 0 Å². The van der Waals surface area contributed by atoms with Crippen LogP contribution in [0, 0.1) is 0 Å². The zero-order chi connectivity index (χ0) is 31.9. The maximum Gasteiger partial charge on any atom is 0.309 e. The minimum atomic E-state index is -0.682. The minimum Gasteiger partial charge on any atom is -0.462 e. The van der Waals surface area contributed by atoms with E-state index in [0.717, 1.165) is 37.2 Å². The third-order valence-electron chi connectivity index (χ3n) is 6.62. The molecule has 52 heavy (non-hydrogen) atoms. The molecule has 0 fully saturated rings. The molecule has 4 unspecified atom stereocenters. The molecule has 0 bridgehead atoms. The molecule has 1 aromatic rings. The molecule has 0 saturated heterocycles. The Morgan fingerprint density at radius 2 is 1.21 bits per heavy atom. The van der Waals surface area contributed by atoms with E-state index in [0.29, 0.717) is 19.3 Å². The van der Waals surface area contributed by atoms with Crippen LogP contribution in [0.4, 0.5) is 0 Å². The second-order valence-electron chi connectivity index (χ2n) is 10.9. The molecule has 0 aliphatic carbocycles. The zero-order valence-corrected chi connectivity index (χ0v) is 27.5. The summed E-state index contributed by atoms with van der Waals surface area (Å²) >= 11 is 1.78. The van der Waals surface area contributed by atoms with Crippen LogP contribution < -0.4 is 0 Å². The molecule has 4 atom stereocenters. The summed E-state index contributed by atoms with van der Waals surface area (Å²) in [6.07, 6.45) is 7.09. The Kier molecular flexibility index (Phi) is 60.7. The predicted octanol–water partition coefficient (Wildman–Crippen LogP) is 12.9. The molecule has 0 spiro atoms. The van der Waals surface area contributed by atoms with Crippen molar-refractivity contribution in [3.8, 4) is 0 Å². The molecule has 9 heteroatoms. The van der Waals surface area contributed by atoms with Crippen molar-refractivity contribution < 1.29 is 38.1 Å². The molecular formula is C43H88O8S. The van der Waals surface area contributed by atoms with Gasteiger partial charge in [-0.15, -0.1) is 0 Å². The summed E-state index contributed by atoms with van der Waals surface area (Å²) in [7, 11) is 1.58. The quantitative estimate of drug-likeness (QED) is 0.0440. The smallest absolute Gasteiger partial charge is 0.309 e. The van der Waals surface area contributed by atoms with Gasteiger partial charge in [-0.1, -0.05) is 142 Å². The van der Waals surface area contributed by atoms with Gasteiger partial charge in [0.1, 0.15) is 24.1 Å². The fraction of sp³-hybridized carbons (Fsp3) is 0.721. The lowest BCUT2D eigenvalue weighted by Gasteiger charge is -2.21. The van der Waals surface area contributed by atoms with Crippen molar-refractivity contribution in [2.24, 2.45) is 0 Å². The fourth-order valence-corrected chi connectivity index (χ4v) is 5.33. The summed E-state index contributed by atoms with van der Waals surface area (Å²) in [6.45, 7) is 7.20. The Hall–Kier alpha value is -2.65. The molecule has 1 aromatic carbocycles. The molecule has 0 saturated carbocycles. The first-order valence-electron chi connectivity index (χ1n) is 15.5. The summed E-state index contributed by atoms with van der Waals surface area (Å²) < 4.78 is 22.1. The number of methoxy groups -OCH3 is 1. The number of hydrogen-bond donors (Lipinski definition) is 0. The van der Waals surface area contributed by atoms with Crippen LogP contribution in [0.3, 0.4) is 0 Å². The first kappa shape index (κ1) is 70.9. The Balaban J connectivity index is -0.000000293. The number of esters is 3. The summed E-state index contributed by atoms with van der Waals surface area (Å²) in [6, 6.07) is 10.2. The third kappa shape index (κ3) is 37.1. The number of hydrogen-bond acceptors (Lipinski definition) is 9. The van der Waals surface area contributed by atoms with Gasteiger partial charge in [0, 0.05) is 25.7 Å². The molecule has 0 aromatic heterocycles. The van der Waals surface area contributed by atoms with Gasteiger partial charge >= 0.3 is 17.9 Å². The fourth-order valence-electron chi connectivity index (χ4n) is 4.33. The molecule has 314 valence electrons. The van der Waals surface area contributed by atoms with Crippen molar-refractivity contribution in [1.82, 2.24) is 0 Å². The van der Waals surface area contributed by atoms with Gasteiger partial charge in [0.15, 0.2) is 0 Å². The first-order valence-corrected chi connectivity index (χ1v) is 16.7. The summed E-state index contributed by atoms with van der Waals surface area (Å²) in [4.78, 5) is 49.6. The highest BCUT2D eigenvalue weighted by Gasteiger charge is 2.24. The maximum absolute atomic E-state index is 12.7. The van der Waals surface area contributed by atoms with E-state index in [-0.39, 0.29) is 104 Å². The normalized spacial score (nSPS) is 11.6. The van der Waals surface area contributed by atoms with Gasteiger partial charge < -0.3 is 18.9 Å². The lowest BCUT2D eigenvalue weighted by molar-refractivity contribution is -0.161. The number of rotatable bonds is 24. The van der Waals surface area contributed by atoms with Gasteiger partial charge in [-0.05, 0) is 44.4 Å². The van der Waals surface area contributed by atoms with E-state index in [9.17, 15) is 19.2 Å². The van der Waals surface area contributed by atoms with E-state index in [4.69, 9.17) is 18.9 Å². The van der Waals surface area contributed by atoms with E-state index in [1.165, 1.54) is 12.5 Å². The number of carbonyl (C=O) groups is 4. The highest BCUT2D eigenvalue weighted by Crippen LogP contribution is 2.18. The van der Waals surface area contributed by atoms with Crippen LogP contribution in [0.15, 0.2) is 42.5 Å². The third-order valence-corrected chi connectivity index (χ3v) is 7.68. The number of allylic oxidation sites excluding steroid dienone is 1. The number of unbranched alkanes of at least 4 members (excludes halogenated alkanes) is 2. The van der Waals surface area contributed by atoms with Crippen molar-refractivity contribution in [1.29, 1.82) is 0 Å². The van der Waals surface area contributed by atoms with Crippen LogP contribution in [-0.4, -0.2) is 61.0 Å². The Labute approximate surface area is 329 Å². The first-order chi connectivity index (χ1) is 20.7. The Morgan fingerprint density at radius 1 is 0.673 bits per heavy atom. The lowest BCUT2D eigenvalue weighted by Crippen LogP contribution is -2.28. The molecule has 0 amide bonds. The average Bonchev–Trinajstić information content (AvgIpc) is 2.95. The number of ether oxygens (including phenoxy) is 4. The molecule has 0 heterocycles. The molecule has 1 rings (SSSR count). The lowest BCUT2D eigenvalue weighted by atomic mass is 10.1. The molecule has 0 radical (unpaired) electrons. The second-order valence-corrected chi connectivity index (χ2v) is 12.0. The molecule has 8 nitrogen and oxygen atoms in total.